The van der Waals surface area contributed by atoms with Crippen molar-refractivity contribution >= 4 is 11.9 Å². The van der Waals surface area contributed by atoms with Crippen LogP contribution in [0.2, 0.25) is 0 Å². The molecule has 1 atom stereocenters. The molecule has 7 heteroatoms. The summed E-state index contributed by atoms with van der Waals surface area (Å²) in [6, 6.07) is 9.27. The fraction of sp³-hybridized carbons (Fsp3) is 0.389. The van der Waals surface area contributed by atoms with Crippen LogP contribution in [0.15, 0.2) is 36.5 Å². The molecule has 2 aromatic rings. The summed E-state index contributed by atoms with van der Waals surface area (Å²) in [5.74, 6) is -0.337. The Hall–Kier alpha value is -2.83. The predicted octanol–water partition coefficient (Wildman–Crippen LogP) is 2.34. The van der Waals surface area contributed by atoms with Crippen molar-refractivity contribution in [1.29, 1.82) is 0 Å². The summed E-state index contributed by atoms with van der Waals surface area (Å²) >= 11 is 0. The monoisotopic (exact) mass is 343 g/mol. The van der Waals surface area contributed by atoms with E-state index in [0.29, 0.717) is 13.2 Å². The number of carbonyl (C=O) groups excluding carboxylic acids is 1. The highest BCUT2D eigenvalue weighted by Gasteiger charge is 2.30. The first-order chi connectivity index (χ1) is 12.1. The van der Waals surface area contributed by atoms with E-state index >= 15 is 0 Å². The topological polar surface area (TPSA) is 84.7 Å². The molecule has 1 N–H and O–H groups in total. The van der Waals surface area contributed by atoms with Crippen molar-refractivity contribution in [1.82, 2.24) is 14.7 Å². The lowest BCUT2D eigenvalue weighted by Crippen LogP contribution is -2.33. The predicted molar refractivity (Wildman–Crippen MR) is 90.5 cm³/mol. The Labute approximate surface area is 145 Å². The van der Waals surface area contributed by atoms with Gasteiger partial charge in [-0.05, 0) is 43.5 Å². The van der Waals surface area contributed by atoms with Crippen LogP contribution in [-0.4, -0.2) is 44.8 Å². The standard InChI is InChI=1S/C18H21N3O4/c1-2-25-14-7-5-13(6-8-14)16-4-3-10-21(16)17(22)12-20-11-9-15(19-20)18(23)24/h5-9,11,16H,2-4,10,12H2,1H3,(H,23,24). The van der Waals surface area contributed by atoms with Crippen molar-refractivity contribution in [2.24, 2.45) is 0 Å². The molecule has 0 spiro atoms. The fourth-order valence-corrected chi connectivity index (χ4v) is 3.16. The number of nitrogens with zero attached hydrogens (tertiary/aromatic N) is 3. The smallest absolute Gasteiger partial charge is 0.356 e. The molecule has 1 fully saturated rings. The second kappa shape index (κ2) is 7.38. The lowest BCUT2D eigenvalue weighted by molar-refractivity contribution is -0.133. The molecule has 2 heterocycles. The Morgan fingerprint density at radius 2 is 2.04 bits per heavy atom. The van der Waals surface area contributed by atoms with Crippen LogP contribution in [0.3, 0.4) is 0 Å². The van der Waals surface area contributed by atoms with Crippen molar-refractivity contribution in [2.75, 3.05) is 13.2 Å². The first-order valence-electron chi connectivity index (χ1n) is 8.37. The largest absolute Gasteiger partial charge is 0.494 e. The first kappa shape index (κ1) is 17.0. The summed E-state index contributed by atoms with van der Waals surface area (Å²) in [5, 5.41) is 12.8. The van der Waals surface area contributed by atoms with Crippen LogP contribution >= 0.6 is 0 Å². The van der Waals surface area contributed by atoms with Crippen LogP contribution in [-0.2, 0) is 11.3 Å². The molecule has 1 saturated heterocycles. The third-order valence-corrected chi connectivity index (χ3v) is 4.31. The van der Waals surface area contributed by atoms with E-state index in [1.54, 1.807) is 0 Å². The summed E-state index contributed by atoms with van der Waals surface area (Å²) in [6.45, 7) is 3.30. The Kier molecular flexibility index (Phi) is 5.02. The van der Waals surface area contributed by atoms with E-state index in [9.17, 15) is 9.59 Å². The second-order valence-corrected chi connectivity index (χ2v) is 5.95. The summed E-state index contributed by atoms with van der Waals surface area (Å²) in [5.41, 5.74) is 1.03. The van der Waals surface area contributed by atoms with Gasteiger partial charge in [-0.25, -0.2) is 4.79 Å². The van der Waals surface area contributed by atoms with E-state index in [2.05, 4.69) is 5.10 Å². The summed E-state index contributed by atoms with van der Waals surface area (Å²) in [6.07, 6.45) is 3.38. The van der Waals surface area contributed by atoms with Gasteiger partial charge in [-0.1, -0.05) is 12.1 Å². The van der Waals surface area contributed by atoms with Crippen molar-refractivity contribution < 1.29 is 19.4 Å². The van der Waals surface area contributed by atoms with Gasteiger partial charge in [-0.15, -0.1) is 0 Å². The minimum atomic E-state index is -1.10. The highest BCUT2D eigenvalue weighted by Crippen LogP contribution is 2.33. The molecule has 7 nitrogen and oxygen atoms in total. The molecule has 0 aliphatic carbocycles. The van der Waals surface area contributed by atoms with E-state index in [1.807, 2.05) is 36.1 Å². The maximum absolute atomic E-state index is 12.6. The quantitative estimate of drug-likeness (QED) is 0.870. The van der Waals surface area contributed by atoms with Crippen LogP contribution in [0.25, 0.3) is 0 Å². The lowest BCUT2D eigenvalue weighted by atomic mass is 10.0. The molecule has 1 aliphatic heterocycles. The third kappa shape index (κ3) is 3.81. The SMILES string of the molecule is CCOc1ccc(C2CCCN2C(=O)Cn2ccc(C(=O)O)n2)cc1. The van der Waals surface area contributed by atoms with Gasteiger partial charge in [0, 0.05) is 12.7 Å². The zero-order valence-electron chi connectivity index (χ0n) is 14.1. The number of hydrogen-bond acceptors (Lipinski definition) is 4. The van der Waals surface area contributed by atoms with E-state index in [4.69, 9.17) is 9.84 Å². The molecule has 1 aromatic heterocycles. The molecule has 1 amide bonds. The lowest BCUT2D eigenvalue weighted by Gasteiger charge is -2.25. The van der Waals surface area contributed by atoms with Crippen LogP contribution in [0.1, 0.15) is 41.9 Å². The Morgan fingerprint density at radius 3 is 2.68 bits per heavy atom. The van der Waals surface area contributed by atoms with E-state index in [1.165, 1.54) is 16.9 Å². The molecule has 0 saturated carbocycles. The molecule has 1 aliphatic rings. The number of carboxylic acid groups (broad SMARTS) is 1. The normalized spacial score (nSPS) is 16.8. The van der Waals surface area contributed by atoms with Crippen molar-refractivity contribution in [3.63, 3.8) is 0 Å². The molecular weight excluding hydrogens is 322 g/mol. The van der Waals surface area contributed by atoms with Gasteiger partial charge in [0.15, 0.2) is 5.69 Å². The van der Waals surface area contributed by atoms with Gasteiger partial charge in [0.05, 0.1) is 12.6 Å². The number of aromatic carboxylic acids is 1. The number of likely N-dealkylation sites (tertiary alicyclic amines) is 1. The van der Waals surface area contributed by atoms with E-state index in [-0.39, 0.29) is 24.2 Å². The highest BCUT2D eigenvalue weighted by molar-refractivity contribution is 5.85. The number of amides is 1. The number of carbonyl (C=O) groups is 2. The highest BCUT2D eigenvalue weighted by atomic mass is 16.5. The summed E-state index contributed by atoms with van der Waals surface area (Å²) in [7, 11) is 0. The van der Waals surface area contributed by atoms with E-state index < -0.39 is 5.97 Å². The van der Waals surface area contributed by atoms with Gasteiger partial charge >= 0.3 is 5.97 Å². The molecular formula is C18H21N3O4. The molecule has 0 bridgehead atoms. The second-order valence-electron chi connectivity index (χ2n) is 5.95. The van der Waals surface area contributed by atoms with Gasteiger partial charge in [0.1, 0.15) is 12.3 Å². The maximum Gasteiger partial charge on any atom is 0.356 e. The zero-order chi connectivity index (χ0) is 17.8. The van der Waals surface area contributed by atoms with Gasteiger partial charge in [0.2, 0.25) is 5.91 Å². The van der Waals surface area contributed by atoms with Gasteiger partial charge in [-0.3, -0.25) is 9.48 Å². The number of rotatable bonds is 6. The maximum atomic E-state index is 12.6. The Bertz CT molecular complexity index is 754. The average Bonchev–Trinajstić information content (AvgIpc) is 3.25. The zero-order valence-corrected chi connectivity index (χ0v) is 14.1. The molecule has 0 radical (unpaired) electrons. The molecule has 1 aromatic carbocycles. The summed E-state index contributed by atoms with van der Waals surface area (Å²) in [4.78, 5) is 25.4. The number of benzene rings is 1. The average molecular weight is 343 g/mol. The first-order valence-corrected chi connectivity index (χ1v) is 8.37. The van der Waals surface area contributed by atoms with Crippen LogP contribution in [0.4, 0.5) is 0 Å². The van der Waals surface area contributed by atoms with Crippen molar-refractivity contribution in [3.8, 4) is 5.75 Å². The summed E-state index contributed by atoms with van der Waals surface area (Å²) < 4.78 is 6.83. The molecule has 1 unspecified atom stereocenters. The van der Waals surface area contributed by atoms with Gasteiger partial charge in [-0.2, -0.15) is 5.10 Å². The number of hydrogen-bond donors (Lipinski definition) is 1. The van der Waals surface area contributed by atoms with Crippen LogP contribution < -0.4 is 4.74 Å². The van der Waals surface area contributed by atoms with E-state index in [0.717, 1.165) is 24.2 Å². The molecule has 25 heavy (non-hydrogen) atoms. The number of aromatic nitrogens is 2. The Morgan fingerprint density at radius 1 is 1.28 bits per heavy atom. The van der Waals surface area contributed by atoms with Gasteiger partial charge < -0.3 is 14.7 Å². The third-order valence-electron chi connectivity index (χ3n) is 4.31. The number of carboxylic acids is 1. The minimum Gasteiger partial charge on any atom is -0.494 e. The number of ether oxygens (including phenoxy) is 1. The van der Waals surface area contributed by atoms with Gasteiger partial charge in [0.25, 0.3) is 0 Å². The van der Waals surface area contributed by atoms with Crippen molar-refractivity contribution in [2.45, 2.75) is 32.4 Å². The fourth-order valence-electron chi connectivity index (χ4n) is 3.16. The van der Waals surface area contributed by atoms with Crippen molar-refractivity contribution in [3.05, 3.63) is 47.8 Å². The van der Waals surface area contributed by atoms with Crippen LogP contribution in [0.5, 0.6) is 5.75 Å². The molecule has 3 rings (SSSR count). The molecule has 132 valence electrons. The van der Waals surface area contributed by atoms with Crippen LogP contribution in [0, 0.1) is 0 Å². The Balaban J connectivity index is 1.69. The minimum absolute atomic E-state index is 0.0395.